The number of hydrogen-bond donors (Lipinski definition) is 0. The lowest BCUT2D eigenvalue weighted by Crippen LogP contribution is -2.33. The normalized spacial score (nSPS) is 12.2. The zero-order valence-electron chi connectivity index (χ0n) is 12.3. The van der Waals surface area contributed by atoms with Crippen molar-refractivity contribution < 1.29 is 13.2 Å². The summed E-state index contributed by atoms with van der Waals surface area (Å²) >= 11 is 5.82. The van der Waals surface area contributed by atoms with Gasteiger partial charge in [0, 0.05) is 25.7 Å². The Morgan fingerprint density at radius 2 is 1.85 bits per heavy atom. The van der Waals surface area contributed by atoms with E-state index in [-0.39, 0.29) is 10.8 Å². The smallest absolute Gasteiger partial charge is 0.242 e. The molecule has 20 heavy (non-hydrogen) atoms. The van der Waals surface area contributed by atoms with E-state index in [2.05, 4.69) is 0 Å². The zero-order valence-corrected chi connectivity index (χ0v) is 13.8. The molecule has 0 saturated heterocycles. The molecule has 0 fully saturated rings. The van der Waals surface area contributed by atoms with E-state index < -0.39 is 10.0 Å². The number of ether oxygens (including phenoxy) is 1. The minimum absolute atomic E-state index is 0.202. The van der Waals surface area contributed by atoms with Crippen molar-refractivity contribution in [2.75, 3.05) is 41.3 Å². The fraction of sp³-hybridized carbons (Fsp3) is 0.538. The van der Waals surface area contributed by atoms with Gasteiger partial charge in [-0.15, -0.1) is 11.6 Å². The van der Waals surface area contributed by atoms with Gasteiger partial charge in [0.1, 0.15) is 5.75 Å². The summed E-state index contributed by atoms with van der Waals surface area (Å²) in [4.78, 5) is 2.17. The van der Waals surface area contributed by atoms with Gasteiger partial charge in [-0.1, -0.05) is 0 Å². The van der Waals surface area contributed by atoms with E-state index in [0.29, 0.717) is 24.4 Å². The fourth-order valence-corrected chi connectivity index (χ4v) is 3.08. The predicted molar refractivity (Wildman–Crippen MR) is 80.9 cm³/mol. The van der Waals surface area contributed by atoms with E-state index in [1.807, 2.05) is 19.0 Å². The second-order valence-corrected chi connectivity index (χ2v) is 7.05. The van der Waals surface area contributed by atoms with Crippen LogP contribution in [0.3, 0.4) is 0 Å². The lowest BCUT2D eigenvalue weighted by atomic mass is 10.2. The van der Waals surface area contributed by atoms with Crippen LogP contribution in [0.25, 0.3) is 0 Å². The third-order valence-electron chi connectivity index (χ3n) is 2.97. The quantitative estimate of drug-likeness (QED) is 0.716. The van der Waals surface area contributed by atoms with Crippen molar-refractivity contribution >= 4 is 21.6 Å². The van der Waals surface area contributed by atoms with Crippen LogP contribution in [-0.4, -0.2) is 59.0 Å². The number of alkyl halides is 1. The van der Waals surface area contributed by atoms with Gasteiger partial charge in [0.05, 0.1) is 17.9 Å². The van der Waals surface area contributed by atoms with Crippen LogP contribution in [0.4, 0.5) is 0 Å². The molecular weight excluding hydrogens is 300 g/mol. The Labute approximate surface area is 126 Å². The molecule has 0 aromatic heterocycles. The summed E-state index contributed by atoms with van der Waals surface area (Å²) in [5.74, 6) is 0.795. The molecule has 0 N–H and O–H groups in total. The summed E-state index contributed by atoms with van der Waals surface area (Å²) < 4.78 is 31.4. The Hall–Kier alpha value is -0.820. The van der Waals surface area contributed by atoms with Gasteiger partial charge in [-0.3, -0.25) is 0 Å². The molecule has 0 saturated carbocycles. The van der Waals surface area contributed by atoms with Gasteiger partial charge in [-0.2, -0.15) is 4.31 Å². The SMILES string of the molecule is COc1ccc(S(=O)(=O)N(C)CCN(C)C)cc1CCl. The number of halogens is 1. The molecule has 1 aromatic carbocycles. The van der Waals surface area contributed by atoms with E-state index in [1.54, 1.807) is 19.2 Å². The van der Waals surface area contributed by atoms with E-state index in [0.717, 1.165) is 0 Å². The highest BCUT2D eigenvalue weighted by atomic mass is 35.5. The third-order valence-corrected chi connectivity index (χ3v) is 5.11. The Bertz CT molecular complexity index is 547. The molecule has 0 spiro atoms. The summed E-state index contributed by atoms with van der Waals surface area (Å²) in [6, 6.07) is 4.73. The number of nitrogens with zero attached hydrogens (tertiary/aromatic N) is 2. The molecule has 0 amide bonds. The van der Waals surface area contributed by atoms with Gasteiger partial charge in [0.15, 0.2) is 0 Å². The average Bonchev–Trinajstić information content (AvgIpc) is 2.43. The van der Waals surface area contributed by atoms with Crippen molar-refractivity contribution in [3.8, 4) is 5.75 Å². The summed E-state index contributed by atoms with van der Waals surface area (Å²) in [6.07, 6.45) is 0. The lowest BCUT2D eigenvalue weighted by Gasteiger charge is -2.20. The lowest BCUT2D eigenvalue weighted by molar-refractivity contribution is 0.358. The second-order valence-electron chi connectivity index (χ2n) is 4.74. The van der Waals surface area contributed by atoms with Crippen molar-refractivity contribution in [2.24, 2.45) is 0 Å². The van der Waals surface area contributed by atoms with Crippen molar-refractivity contribution in [1.29, 1.82) is 0 Å². The number of hydrogen-bond acceptors (Lipinski definition) is 4. The zero-order chi connectivity index (χ0) is 15.3. The van der Waals surface area contributed by atoms with Crippen molar-refractivity contribution in [3.63, 3.8) is 0 Å². The van der Waals surface area contributed by atoms with Crippen molar-refractivity contribution in [3.05, 3.63) is 23.8 Å². The minimum Gasteiger partial charge on any atom is -0.496 e. The molecule has 7 heteroatoms. The molecule has 114 valence electrons. The number of sulfonamides is 1. The molecule has 0 heterocycles. The van der Waals surface area contributed by atoms with Crippen LogP contribution in [-0.2, 0) is 15.9 Å². The maximum Gasteiger partial charge on any atom is 0.242 e. The van der Waals surface area contributed by atoms with E-state index >= 15 is 0 Å². The molecule has 0 unspecified atom stereocenters. The number of likely N-dealkylation sites (N-methyl/N-ethyl adjacent to an activating group) is 2. The molecular formula is C13H21ClN2O3S. The van der Waals surface area contributed by atoms with Crippen LogP contribution < -0.4 is 4.74 Å². The van der Waals surface area contributed by atoms with Crippen LogP contribution >= 0.6 is 11.6 Å². The van der Waals surface area contributed by atoms with Crippen LogP contribution in [0.2, 0.25) is 0 Å². The monoisotopic (exact) mass is 320 g/mol. The van der Waals surface area contributed by atoms with Crippen LogP contribution in [0, 0.1) is 0 Å². The second kappa shape index (κ2) is 7.26. The highest BCUT2D eigenvalue weighted by molar-refractivity contribution is 7.89. The maximum atomic E-state index is 12.4. The van der Waals surface area contributed by atoms with Gasteiger partial charge < -0.3 is 9.64 Å². The van der Waals surface area contributed by atoms with Gasteiger partial charge in [-0.25, -0.2) is 8.42 Å². The Kier molecular flexibility index (Phi) is 6.26. The van der Waals surface area contributed by atoms with Gasteiger partial charge >= 0.3 is 0 Å². The first-order valence-electron chi connectivity index (χ1n) is 6.17. The van der Waals surface area contributed by atoms with Gasteiger partial charge in [0.2, 0.25) is 10.0 Å². The summed E-state index contributed by atoms with van der Waals surface area (Å²) in [7, 11) is 3.41. The Morgan fingerprint density at radius 3 is 2.35 bits per heavy atom. The summed E-state index contributed by atoms with van der Waals surface area (Å²) in [5, 5.41) is 0. The molecule has 0 radical (unpaired) electrons. The van der Waals surface area contributed by atoms with Crippen LogP contribution in [0.15, 0.2) is 23.1 Å². The highest BCUT2D eigenvalue weighted by Gasteiger charge is 2.21. The number of rotatable bonds is 7. The molecule has 5 nitrogen and oxygen atoms in total. The number of methoxy groups -OCH3 is 1. The topological polar surface area (TPSA) is 49.9 Å². The molecule has 0 aliphatic carbocycles. The number of benzene rings is 1. The first-order chi connectivity index (χ1) is 9.32. The van der Waals surface area contributed by atoms with E-state index in [1.165, 1.54) is 17.5 Å². The molecule has 1 rings (SSSR count). The van der Waals surface area contributed by atoms with Crippen LogP contribution in [0.5, 0.6) is 5.75 Å². The summed E-state index contributed by atoms with van der Waals surface area (Å²) in [5.41, 5.74) is 0.663. The molecule has 0 aliphatic rings. The highest BCUT2D eigenvalue weighted by Crippen LogP contribution is 2.25. The maximum absolute atomic E-state index is 12.4. The third kappa shape index (κ3) is 4.09. The van der Waals surface area contributed by atoms with Crippen molar-refractivity contribution in [2.45, 2.75) is 10.8 Å². The van der Waals surface area contributed by atoms with Gasteiger partial charge in [-0.05, 0) is 32.3 Å². The molecule has 0 atom stereocenters. The summed E-state index contributed by atoms with van der Waals surface area (Å²) in [6.45, 7) is 1.09. The van der Waals surface area contributed by atoms with E-state index in [9.17, 15) is 8.42 Å². The largest absolute Gasteiger partial charge is 0.496 e. The standard InChI is InChI=1S/C13H21ClN2O3S/c1-15(2)7-8-16(3)20(17,18)12-5-6-13(19-4)11(9-12)10-14/h5-6,9H,7-8,10H2,1-4H3. The Morgan fingerprint density at radius 1 is 1.20 bits per heavy atom. The average molecular weight is 321 g/mol. The predicted octanol–water partition coefficient (Wildman–Crippen LogP) is 1.62. The van der Waals surface area contributed by atoms with Gasteiger partial charge in [0.25, 0.3) is 0 Å². The molecule has 0 bridgehead atoms. The minimum atomic E-state index is -3.50. The van der Waals surface area contributed by atoms with E-state index in [4.69, 9.17) is 16.3 Å². The Balaban J connectivity index is 3.03. The fourth-order valence-electron chi connectivity index (χ4n) is 1.66. The molecule has 0 aliphatic heterocycles. The first kappa shape index (κ1) is 17.2. The van der Waals surface area contributed by atoms with Crippen molar-refractivity contribution in [1.82, 2.24) is 9.21 Å². The van der Waals surface area contributed by atoms with Crippen LogP contribution in [0.1, 0.15) is 5.56 Å². The first-order valence-corrected chi connectivity index (χ1v) is 8.14. The molecule has 1 aromatic rings.